The first-order valence-corrected chi connectivity index (χ1v) is 6.20. The fourth-order valence-corrected chi connectivity index (χ4v) is 2.27. The number of nitrogens with zero attached hydrogens (tertiary/aromatic N) is 3. The average Bonchev–Trinajstić information content (AvgIpc) is 2.39. The van der Waals surface area contributed by atoms with Gasteiger partial charge in [-0.2, -0.15) is 5.26 Å². The van der Waals surface area contributed by atoms with Crippen molar-refractivity contribution in [3.63, 3.8) is 0 Å². The summed E-state index contributed by atoms with van der Waals surface area (Å²) in [5.41, 5.74) is 1.92. The van der Waals surface area contributed by atoms with Gasteiger partial charge in [0.25, 0.3) is 0 Å². The van der Waals surface area contributed by atoms with E-state index in [2.05, 4.69) is 35.8 Å². The molecule has 0 amide bonds. The van der Waals surface area contributed by atoms with Crippen LogP contribution < -0.4 is 4.90 Å². The smallest absolute Gasteiger partial charge is 0.0992 e. The lowest BCUT2D eigenvalue weighted by atomic mass is 10.1. The van der Waals surface area contributed by atoms with E-state index in [0.717, 1.165) is 31.7 Å². The highest BCUT2D eigenvalue weighted by Gasteiger charge is 2.18. The number of benzene rings is 1. The fourth-order valence-electron chi connectivity index (χ4n) is 2.27. The number of hydrogen-bond donors (Lipinski definition) is 0. The van der Waals surface area contributed by atoms with E-state index in [0.29, 0.717) is 6.04 Å². The van der Waals surface area contributed by atoms with Crippen molar-refractivity contribution in [1.29, 1.82) is 5.26 Å². The maximum atomic E-state index is 8.90. The summed E-state index contributed by atoms with van der Waals surface area (Å²) in [7, 11) is 0. The number of piperazine rings is 1. The summed E-state index contributed by atoms with van der Waals surface area (Å²) in [4.78, 5) is 4.85. The highest BCUT2D eigenvalue weighted by atomic mass is 15.3. The third kappa shape index (κ3) is 2.78. The molecule has 0 N–H and O–H groups in total. The van der Waals surface area contributed by atoms with Gasteiger partial charge in [-0.1, -0.05) is 6.07 Å². The molecule has 0 saturated carbocycles. The zero-order valence-corrected chi connectivity index (χ0v) is 10.6. The van der Waals surface area contributed by atoms with E-state index < -0.39 is 0 Å². The molecule has 0 aromatic heterocycles. The number of hydrogen-bond acceptors (Lipinski definition) is 3. The van der Waals surface area contributed by atoms with Crippen molar-refractivity contribution in [2.24, 2.45) is 0 Å². The maximum Gasteiger partial charge on any atom is 0.0992 e. The molecule has 0 spiro atoms. The van der Waals surface area contributed by atoms with Crippen molar-refractivity contribution < 1.29 is 0 Å². The van der Waals surface area contributed by atoms with Crippen molar-refractivity contribution in [3.8, 4) is 6.07 Å². The summed E-state index contributed by atoms with van der Waals surface area (Å²) in [6.45, 7) is 8.79. The van der Waals surface area contributed by atoms with E-state index in [4.69, 9.17) is 5.26 Å². The van der Waals surface area contributed by atoms with Crippen LogP contribution in [0.15, 0.2) is 24.3 Å². The molecule has 0 bridgehead atoms. The Morgan fingerprint density at radius 3 is 2.47 bits per heavy atom. The largest absolute Gasteiger partial charge is 0.369 e. The summed E-state index contributed by atoms with van der Waals surface area (Å²) < 4.78 is 0. The Balaban J connectivity index is 2.03. The van der Waals surface area contributed by atoms with Crippen LogP contribution in [0.25, 0.3) is 0 Å². The van der Waals surface area contributed by atoms with Gasteiger partial charge in [0, 0.05) is 37.9 Å². The second-order valence-corrected chi connectivity index (χ2v) is 4.78. The maximum absolute atomic E-state index is 8.90. The van der Waals surface area contributed by atoms with Gasteiger partial charge in [0.1, 0.15) is 0 Å². The molecular weight excluding hydrogens is 210 g/mol. The van der Waals surface area contributed by atoms with Crippen LogP contribution in [-0.4, -0.2) is 37.1 Å². The lowest BCUT2D eigenvalue weighted by Gasteiger charge is -2.38. The second-order valence-electron chi connectivity index (χ2n) is 4.78. The van der Waals surface area contributed by atoms with Crippen LogP contribution in [0.2, 0.25) is 0 Å². The molecule has 1 heterocycles. The Morgan fingerprint density at radius 2 is 1.88 bits per heavy atom. The predicted octanol–water partition coefficient (Wildman–Crippen LogP) is 2.09. The Kier molecular flexibility index (Phi) is 3.65. The molecule has 0 radical (unpaired) electrons. The van der Waals surface area contributed by atoms with E-state index in [1.54, 1.807) is 0 Å². The Bertz CT molecular complexity index is 412. The Labute approximate surface area is 103 Å². The zero-order valence-electron chi connectivity index (χ0n) is 10.6. The molecule has 0 atom stereocenters. The molecule has 3 heteroatoms. The van der Waals surface area contributed by atoms with E-state index in [1.807, 2.05) is 18.2 Å². The van der Waals surface area contributed by atoms with Crippen molar-refractivity contribution in [2.75, 3.05) is 31.1 Å². The molecule has 1 aromatic rings. The molecule has 3 nitrogen and oxygen atoms in total. The van der Waals surface area contributed by atoms with Crippen LogP contribution in [0.5, 0.6) is 0 Å². The second kappa shape index (κ2) is 5.20. The Hall–Kier alpha value is -1.53. The summed E-state index contributed by atoms with van der Waals surface area (Å²) in [5, 5.41) is 8.90. The van der Waals surface area contributed by atoms with Gasteiger partial charge < -0.3 is 4.90 Å². The van der Waals surface area contributed by atoms with Gasteiger partial charge in [-0.15, -0.1) is 0 Å². The average molecular weight is 229 g/mol. The molecule has 1 saturated heterocycles. The van der Waals surface area contributed by atoms with Gasteiger partial charge in [0.2, 0.25) is 0 Å². The monoisotopic (exact) mass is 229 g/mol. The molecule has 2 rings (SSSR count). The molecule has 0 unspecified atom stereocenters. The fraction of sp³-hybridized carbons (Fsp3) is 0.500. The van der Waals surface area contributed by atoms with E-state index in [-0.39, 0.29) is 0 Å². The SMILES string of the molecule is CC(C)N1CCN(c2cccc(C#N)c2)CC1. The first-order chi connectivity index (χ1) is 8.20. The van der Waals surface area contributed by atoms with Gasteiger partial charge in [-0.25, -0.2) is 0 Å². The minimum Gasteiger partial charge on any atom is -0.369 e. The van der Waals surface area contributed by atoms with Crippen molar-refractivity contribution >= 4 is 5.69 Å². The normalized spacial score (nSPS) is 17.2. The van der Waals surface area contributed by atoms with Crippen molar-refractivity contribution in [1.82, 2.24) is 4.90 Å². The number of anilines is 1. The van der Waals surface area contributed by atoms with Gasteiger partial charge in [0.05, 0.1) is 11.6 Å². The van der Waals surface area contributed by atoms with Gasteiger partial charge >= 0.3 is 0 Å². The Morgan fingerprint density at radius 1 is 1.18 bits per heavy atom. The summed E-state index contributed by atoms with van der Waals surface area (Å²) in [5.74, 6) is 0. The molecule has 0 aliphatic carbocycles. The summed E-state index contributed by atoms with van der Waals surface area (Å²) in [6, 6.07) is 10.7. The molecule has 1 aromatic carbocycles. The van der Waals surface area contributed by atoms with Crippen LogP contribution in [0, 0.1) is 11.3 Å². The lowest BCUT2D eigenvalue weighted by molar-refractivity contribution is 0.209. The van der Waals surface area contributed by atoms with E-state index in [9.17, 15) is 0 Å². The van der Waals surface area contributed by atoms with Gasteiger partial charge in [-0.3, -0.25) is 4.90 Å². The highest BCUT2D eigenvalue weighted by Crippen LogP contribution is 2.18. The van der Waals surface area contributed by atoms with E-state index in [1.165, 1.54) is 5.69 Å². The molecule has 1 aliphatic rings. The van der Waals surface area contributed by atoms with Crippen LogP contribution in [0.1, 0.15) is 19.4 Å². The van der Waals surface area contributed by atoms with Crippen LogP contribution in [0.3, 0.4) is 0 Å². The summed E-state index contributed by atoms with van der Waals surface area (Å²) in [6.07, 6.45) is 0. The third-order valence-electron chi connectivity index (χ3n) is 3.38. The van der Waals surface area contributed by atoms with Crippen LogP contribution >= 0.6 is 0 Å². The molecule has 1 aliphatic heterocycles. The first-order valence-electron chi connectivity index (χ1n) is 6.20. The molecule has 90 valence electrons. The van der Waals surface area contributed by atoms with Gasteiger partial charge in [0.15, 0.2) is 0 Å². The number of rotatable bonds is 2. The third-order valence-corrected chi connectivity index (χ3v) is 3.38. The minimum atomic E-state index is 0.627. The topological polar surface area (TPSA) is 30.3 Å². The van der Waals surface area contributed by atoms with Crippen molar-refractivity contribution in [2.45, 2.75) is 19.9 Å². The van der Waals surface area contributed by atoms with Crippen LogP contribution in [-0.2, 0) is 0 Å². The minimum absolute atomic E-state index is 0.627. The van der Waals surface area contributed by atoms with Gasteiger partial charge in [-0.05, 0) is 32.0 Å². The quantitative estimate of drug-likeness (QED) is 0.778. The van der Waals surface area contributed by atoms with Crippen LogP contribution in [0.4, 0.5) is 5.69 Å². The zero-order chi connectivity index (χ0) is 12.3. The van der Waals surface area contributed by atoms with E-state index >= 15 is 0 Å². The summed E-state index contributed by atoms with van der Waals surface area (Å²) >= 11 is 0. The first kappa shape index (κ1) is 11.9. The predicted molar refractivity (Wildman–Crippen MR) is 70.1 cm³/mol. The number of nitriles is 1. The molecule has 17 heavy (non-hydrogen) atoms. The van der Waals surface area contributed by atoms with Crippen molar-refractivity contribution in [3.05, 3.63) is 29.8 Å². The molecule has 1 fully saturated rings. The molecular formula is C14H19N3. The highest BCUT2D eigenvalue weighted by molar-refractivity contribution is 5.51. The lowest BCUT2D eigenvalue weighted by Crippen LogP contribution is -2.48. The standard InChI is InChI=1S/C14H19N3/c1-12(2)16-6-8-17(9-7-16)14-5-3-4-13(10-14)11-15/h3-5,10,12H,6-9H2,1-2H3.